The van der Waals surface area contributed by atoms with Crippen molar-refractivity contribution in [1.29, 1.82) is 0 Å². The van der Waals surface area contributed by atoms with Gasteiger partial charge in [-0.05, 0) is 38.5 Å². The van der Waals surface area contributed by atoms with Gasteiger partial charge in [-0.25, -0.2) is 0 Å². The third kappa shape index (κ3) is 2.55. The monoisotopic (exact) mass is 137 g/mol. The first-order chi connectivity index (χ1) is 4.93. The molecule has 0 heteroatoms. The zero-order valence-corrected chi connectivity index (χ0v) is 6.90. The van der Waals surface area contributed by atoms with Crippen molar-refractivity contribution in [2.24, 2.45) is 0 Å². The molecule has 0 saturated heterocycles. The van der Waals surface area contributed by atoms with Crippen LogP contribution in [0.3, 0.4) is 0 Å². The highest BCUT2D eigenvalue weighted by atomic mass is 14.1. The molecular formula is C10H17. The average Bonchev–Trinajstić information content (AvgIpc) is 2.03. The van der Waals surface area contributed by atoms with Crippen molar-refractivity contribution in [3.8, 4) is 0 Å². The highest BCUT2D eigenvalue weighted by Gasteiger charge is 2.01. The molecule has 0 nitrogen and oxygen atoms in total. The van der Waals surface area contributed by atoms with E-state index >= 15 is 0 Å². The molecule has 0 amide bonds. The van der Waals surface area contributed by atoms with Gasteiger partial charge in [-0.15, -0.1) is 0 Å². The number of hydrogen-bond donors (Lipinski definition) is 0. The maximum atomic E-state index is 2.40. The maximum absolute atomic E-state index is 2.40. The summed E-state index contributed by atoms with van der Waals surface area (Å²) in [5, 5.41) is 0. The fraction of sp³-hybridized carbons (Fsp3) is 0.700. The van der Waals surface area contributed by atoms with Gasteiger partial charge >= 0.3 is 0 Å². The first kappa shape index (κ1) is 7.84. The molecule has 1 rings (SSSR count). The molecule has 0 fully saturated rings. The minimum atomic E-state index is 1.22. The Morgan fingerprint density at radius 3 is 3.00 bits per heavy atom. The summed E-state index contributed by atoms with van der Waals surface area (Å²) in [6.45, 7) is 2.26. The molecule has 1 aliphatic carbocycles. The Kier molecular flexibility index (Phi) is 3.56. The summed E-state index contributed by atoms with van der Waals surface area (Å²) in [5.74, 6) is 0. The van der Waals surface area contributed by atoms with E-state index < -0.39 is 0 Å². The summed E-state index contributed by atoms with van der Waals surface area (Å²) in [6.07, 6.45) is 12.7. The molecule has 0 aromatic carbocycles. The van der Waals surface area contributed by atoms with E-state index in [9.17, 15) is 0 Å². The Balaban J connectivity index is 2.18. The lowest BCUT2D eigenvalue weighted by atomic mass is 9.96. The Labute approximate surface area is 64.3 Å². The van der Waals surface area contributed by atoms with E-state index in [-0.39, 0.29) is 0 Å². The van der Waals surface area contributed by atoms with Crippen molar-refractivity contribution in [3.05, 3.63) is 18.1 Å². The quantitative estimate of drug-likeness (QED) is 0.522. The van der Waals surface area contributed by atoms with E-state index in [4.69, 9.17) is 0 Å². The predicted octanol–water partition coefficient (Wildman–Crippen LogP) is 3.49. The second kappa shape index (κ2) is 4.54. The molecule has 0 heterocycles. The van der Waals surface area contributed by atoms with Crippen LogP contribution in [-0.2, 0) is 0 Å². The van der Waals surface area contributed by atoms with Crippen molar-refractivity contribution in [2.45, 2.75) is 45.4 Å². The lowest BCUT2D eigenvalue weighted by Gasteiger charge is -2.10. The zero-order chi connectivity index (χ0) is 7.23. The van der Waals surface area contributed by atoms with Gasteiger partial charge in [0.1, 0.15) is 0 Å². The van der Waals surface area contributed by atoms with Crippen LogP contribution in [0.25, 0.3) is 0 Å². The summed E-state index contributed by atoms with van der Waals surface area (Å²) in [4.78, 5) is 0. The molecule has 0 atom stereocenters. The Hall–Kier alpha value is -0.260. The average molecular weight is 137 g/mol. The lowest BCUT2D eigenvalue weighted by Crippen LogP contribution is -1.91. The van der Waals surface area contributed by atoms with Crippen LogP contribution in [-0.4, -0.2) is 0 Å². The van der Waals surface area contributed by atoms with Gasteiger partial charge in [0.05, 0.1) is 0 Å². The highest BCUT2D eigenvalue weighted by molar-refractivity contribution is 5.08. The van der Waals surface area contributed by atoms with E-state index in [0.717, 1.165) is 0 Å². The molecule has 0 unspecified atom stereocenters. The molecular weight excluding hydrogens is 120 g/mol. The van der Waals surface area contributed by atoms with Gasteiger partial charge in [-0.1, -0.05) is 25.0 Å². The van der Waals surface area contributed by atoms with Crippen molar-refractivity contribution < 1.29 is 0 Å². The summed E-state index contributed by atoms with van der Waals surface area (Å²) >= 11 is 0. The van der Waals surface area contributed by atoms with Crippen molar-refractivity contribution in [3.63, 3.8) is 0 Å². The number of allylic oxidation sites excluding steroid dienone is 2. The smallest absolute Gasteiger partial charge is 0.0317 e. The standard InChI is InChI=1S/C10H17/c1-2-3-7-10-8-5-4-6-9-10/h4,8H,2-3,5-7,9H2,1H3. The zero-order valence-electron chi connectivity index (χ0n) is 6.90. The van der Waals surface area contributed by atoms with Gasteiger partial charge in [-0.2, -0.15) is 0 Å². The number of unbranched alkanes of at least 4 members (excludes halogenated alkanes) is 1. The summed E-state index contributed by atoms with van der Waals surface area (Å²) in [5.41, 5.74) is 1.70. The molecule has 0 bridgehead atoms. The normalized spacial score (nSPS) is 18.7. The van der Waals surface area contributed by atoms with Crippen LogP contribution in [0.5, 0.6) is 0 Å². The van der Waals surface area contributed by atoms with Crippen LogP contribution < -0.4 is 0 Å². The summed E-state index contributed by atoms with van der Waals surface area (Å²) in [7, 11) is 0. The van der Waals surface area contributed by atoms with Crippen LogP contribution in [0.1, 0.15) is 45.4 Å². The van der Waals surface area contributed by atoms with Gasteiger partial charge in [0.2, 0.25) is 0 Å². The molecule has 0 aliphatic heterocycles. The Morgan fingerprint density at radius 2 is 2.40 bits per heavy atom. The van der Waals surface area contributed by atoms with E-state index in [0.29, 0.717) is 0 Å². The van der Waals surface area contributed by atoms with Crippen LogP contribution in [0.15, 0.2) is 11.6 Å². The highest BCUT2D eigenvalue weighted by Crippen LogP contribution is 2.20. The molecule has 0 spiro atoms. The van der Waals surface area contributed by atoms with Crippen LogP contribution >= 0.6 is 0 Å². The molecule has 0 N–H and O–H groups in total. The third-order valence-corrected chi connectivity index (χ3v) is 2.09. The molecule has 1 radical (unpaired) electrons. The van der Waals surface area contributed by atoms with E-state index in [1.54, 1.807) is 5.57 Å². The van der Waals surface area contributed by atoms with Crippen molar-refractivity contribution in [1.82, 2.24) is 0 Å². The second-order valence-electron chi connectivity index (χ2n) is 3.03. The largest absolute Gasteiger partial charge is 0.0850 e. The van der Waals surface area contributed by atoms with Gasteiger partial charge in [0.25, 0.3) is 0 Å². The SMILES string of the molecule is CCCCC1=CC[CH]CC1. The third-order valence-electron chi connectivity index (χ3n) is 2.09. The van der Waals surface area contributed by atoms with E-state index in [1.165, 1.54) is 38.5 Å². The van der Waals surface area contributed by atoms with Crippen molar-refractivity contribution >= 4 is 0 Å². The maximum Gasteiger partial charge on any atom is -0.0317 e. The lowest BCUT2D eigenvalue weighted by molar-refractivity contribution is 0.722. The molecule has 0 saturated carbocycles. The number of hydrogen-bond acceptors (Lipinski definition) is 0. The van der Waals surface area contributed by atoms with E-state index in [1.807, 2.05) is 0 Å². The molecule has 1 aliphatic rings. The first-order valence-electron chi connectivity index (χ1n) is 4.43. The molecule has 0 aromatic rings. The minimum Gasteiger partial charge on any atom is -0.0850 e. The van der Waals surface area contributed by atoms with Crippen LogP contribution in [0, 0.1) is 6.42 Å². The Bertz CT molecular complexity index is 111. The minimum absolute atomic E-state index is 1.22. The molecule has 10 heavy (non-hydrogen) atoms. The predicted molar refractivity (Wildman–Crippen MR) is 45.8 cm³/mol. The fourth-order valence-electron chi connectivity index (χ4n) is 1.39. The van der Waals surface area contributed by atoms with Gasteiger partial charge in [-0.3, -0.25) is 0 Å². The topological polar surface area (TPSA) is 0 Å². The van der Waals surface area contributed by atoms with Crippen LogP contribution in [0.4, 0.5) is 0 Å². The van der Waals surface area contributed by atoms with Gasteiger partial charge in [0, 0.05) is 0 Å². The molecule has 0 aromatic heterocycles. The number of rotatable bonds is 3. The summed E-state index contributed by atoms with van der Waals surface area (Å²) < 4.78 is 0. The summed E-state index contributed by atoms with van der Waals surface area (Å²) in [6, 6.07) is 0. The Morgan fingerprint density at radius 1 is 1.50 bits per heavy atom. The van der Waals surface area contributed by atoms with E-state index in [2.05, 4.69) is 19.4 Å². The van der Waals surface area contributed by atoms with Gasteiger partial charge < -0.3 is 0 Å². The fourth-order valence-corrected chi connectivity index (χ4v) is 1.39. The van der Waals surface area contributed by atoms with Crippen LogP contribution in [0.2, 0.25) is 0 Å². The van der Waals surface area contributed by atoms with Gasteiger partial charge in [0.15, 0.2) is 0 Å². The second-order valence-corrected chi connectivity index (χ2v) is 3.03. The molecule has 57 valence electrons. The van der Waals surface area contributed by atoms with Crippen molar-refractivity contribution in [2.75, 3.05) is 0 Å². The first-order valence-corrected chi connectivity index (χ1v) is 4.43.